The molecule has 0 spiro atoms. The van der Waals surface area contributed by atoms with Crippen molar-refractivity contribution >= 4 is 0 Å². The van der Waals surface area contributed by atoms with Crippen LogP contribution in [0.1, 0.15) is 24.9 Å². The maximum Gasteiger partial charge on any atom is 0.129 e. The zero-order valence-electron chi connectivity index (χ0n) is 8.95. The predicted octanol–water partition coefficient (Wildman–Crippen LogP) is 1.04. The molecular weight excluding hydrogens is 194 g/mol. The molecule has 0 saturated carbocycles. The Labute approximate surface area is 89.2 Å². The minimum Gasteiger partial charge on any atom is -0.462 e. The van der Waals surface area contributed by atoms with Crippen molar-refractivity contribution in [3.05, 3.63) is 23.7 Å². The van der Waals surface area contributed by atoms with Gasteiger partial charge in [0.25, 0.3) is 0 Å². The summed E-state index contributed by atoms with van der Waals surface area (Å²) in [4.78, 5) is 0. The van der Waals surface area contributed by atoms with Gasteiger partial charge in [-0.2, -0.15) is 0 Å². The average molecular weight is 211 g/mol. The second-order valence-corrected chi connectivity index (χ2v) is 4.24. The highest BCUT2D eigenvalue weighted by atomic mass is 16.5. The Morgan fingerprint density at radius 2 is 2.27 bits per heavy atom. The number of nitrogens with one attached hydrogen (secondary N) is 1. The van der Waals surface area contributed by atoms with Crippen molar-refractivity contribution in [3.8, 4) is 0 Å². The van der Waals surface area contributed by atoms with E-state index in [2.05, 4.69) is 12.2 Å². The van der Waals surface area contributed by atoms with Gasteiger partial charge in [-0.15, -0.1) is 0 Å². The van der Waals surface area contributed by atoms with Crippen LogP contribution in [-0.2, 0) is 17.9 Å². The summed E-state index contributed by atoms with van der Waals surface area (Å²) in [5.74, 6) is 1.46. The first-order valence-corrected chi connectivity index (χ1v) is 5.23. The quantitative estimate of drug-likeness (QED) is 0.781. The van der Waals surface area contributed by atoms with Gasteiger partial charge in [-0.05, 0) is 25.5 Å². The third-order valence-corrected chi connectivity index (χ3v) is 2.78. The molecule has 2 rings (SSSR count). The van der Waals surface area contributed by atoms with Gasteiger partial charge in [-0.3, -0.25) is 0 Å². The molecular formula is C11H17NO3. The van der Waals surface area contributed by atoms with E-state index in [1.165, 1.54) is 0 Å². The third kappa shape index (κ3) is 2.59. The van der Waals surface area contributed by atoms with Gasteiger partial charge in [0.05, 0.1) is 13.2 Å². The summed E-state index contributed by atoms with van der Waals surface area (Å²) in [5.41, 5.74) is 0.0617. The summed E-state index contributed by atoms with van der Waals surface area (Å²) in [7, 11) is 0. The fourth-order valence-corrected chi connectivity index (χ4v) is 1.71. The first-order valence-electron chi connectivity index (χ1n) is 5.23. The smallest absolute Gasteiger partial charge is 0.129 e. The van der Waals surface area contributed by atoms with Crippen LogP contribution in [0.25, 0.3) is 0 Å². The van der Waals surface area contributed by atoms with Crippen molar-refractivity contribution in [3.63, 3.8) is 0 Å². The topological polar surface area (TPSA) is 54.6 Å². The standard InChI is InChI=1S/C11H17NO3/c1-11(4-5-14-8-11)12-6-9-2-3-10(7-13)15-9/h2-3,12-13H,4-8H2,1H3. The molecule has 1 fully saturated rings. The summed E-state index contributed by atoms with van der Waals surface area (Å²) >= 11 is 0. The molecule has 1 aliphatic heterocycles. The van der Waals surface area contributed by atoms with Crippen molar-refractivity contribution in [1.82, 2.24) is 5.32 Å². The summed E-state index contributed by atoms with van der Waals surface area (Å²) in [6.07, 6.45) is 1.03. The number of rotatable bonds is 4. The largest absolute Gasteiger partial charge is 0.462 e. The molecule has 4 heteroatoms. The van der Waals surface area contributed by atoms with Crippen LogP contribution >= 0.6 is 0 Å². The minimum absolute atomic E-state index is 0.0413. The lowest BCUT2D eigenvalue weighted by atomic mass is 10.0. The monoisotopic (exact) mass is 211 g/mol. The molecule has 1 atom stereocenters. The van der Waals surface area contributed by atoms with Crippen LogP contribution in [0.4, 0.5) is 0 Å². The van der Waals surface area contributed by atoms with Crippen molar-refractivity contribution in [2.24, 2.45) is 0 Å². The Balaban J connectivity index is 1.87. The zero-order valence-corrected chi connectivity index (χ0v) is 8.95. The van der Waals surface area contributed by atoms with E-state index >= 15 is 0 Å². The molecule has 84 valence electrons. The molecule has 1 unspecified atom stereocenters. The number of hydrogen-bond donors (Lipinski definition) is 2. The van der Waals surface area contributed by atoms with E-state index in [0.717, 1.165) is 25.4 Å². The number of hydrogen-bond acceptors (Lipinski definition) is 4. The first kappa shape index (κ1) is 10.7. The van der Waals surface area contributed by atoms with Gasteiger partial charge in [0.1, 0.15) is 18.1 Å². The van der Waals surface area contributed by atoms with Crippen molar-refractivity contribution in [1.29, 1.82) is 0 Å². The predicted molar refractivity (Wildman–Crippen MR) is 55.3 cm³/mol. The molecule has 0 aliphatic carbocycles. The van der Waals surface area contributed by atoms with Gasteiger partial charge < -0.3 is 19.6 Å². The Bertz CT molecular complexity index is 315. The van der Waals surface area contributed by atoms with E-state index in [4.69, 9.17) is 14.3 Å². The lowest BCUT2D eigenvalue weighted by Gasteiger charge is -2.22. The summed E-state index contributed by atoms with van der Waals surface area (Å²) in [5, 5.41) is 12.3. The van der Waals surface area contributed by atoms with Crippen molar-refractivity contribution in [2.45, 2.75) is 32.0 Å². The molecule has 0 bridgehead atoms. The van der Waals surface area contributed by atoms with E-state index in [1.807, 2.05) is 6.07 Å². The first-order chi connectivity index (χ1) is 7.22. The Hall–Kier alpha value is -0.840. The molecule has 2 N–H and O–H groups in total. The Morgan fingerprint density at radius 1 is 1.47 bits per heavy atom. The van der Waals surface area contributed by atoms with Crippen molar-refractivity contribution < 1.29 is 14.3 Å². The van der Waals surface area contributed by atoms with Crippen molar-refractivity contribution in [2.75, 3.05) is 13.2 Å². The van der Waals surface area contributed by atoms with Gasteiger partial charge in [-0.1, -0.05) is 0 Å². The maximum absolute atomic E-state index is 8.85. The third-order valence-electron chi connectivity index (χ3n) is 2.78. The van der Waals surface area contributed by atoms with Gasteiger partial charge in [0, 0.05) is 12.1 Å². The fraction of sp³-hybridized carbons (Fsp3) is 0.636. The number of aliphatic hydroxyl groups excluding tert-OH is 1. The van der Waals surface area contributed by atoms with Crippen LogP contribution in [0.2, 0.25) is 0 Å². The average Bonchev–Trinajstić information content (AvgIpc) is 2.84. The summed E-state index contributed by atoms with van der Waals surface area (Å²) in [6, 6.07) is 3.68. The molecule has 4 nitrogen and oxygen atoms in total. The van der Waals surface area contributed by atoms with E-state index < -0.39 is 0 Å². The van der Waals surface area contributed by atoms with Crippen LogP contribution < -0.4 is 5.32 Å². The molecule has 1 aromatic heterocycles. The van der Waals surface area contributed by atoms with E-state index in [-0.39, 0.29) is 12.1 Å². The lowest BCUT2D eigenvalue weighted by molar-refractivity contribution is 0.170. The van der Waals surface area contributed by atoms with E-state index in [9.17, 15) is 0 Å². The zero-order chi connectivity index (χ0) is 10.7. The van der Waals surface area contributed by atoms with Crippen LogP contribution in [-0.4, -0.2) is 23.9 Å². The van der Waals surface area contributed by atoms with Crippen LogP contribution in [0.5, 0.6) is 0 Å². The molecule has 15 heavy (non-hydrogen) atoms. The number of furan rings is 1. The number of aliphatic hydroxyl groups is 1. The van der Waals surface area contributed by atoms with Gasteiger partial charge in [0.15, 0.2) is 0 Å². The number of ether oxygens (including phenoxy) is 1. The SMILES string of the molecule is CC1(NCc2ccc(CO)o2)CCOC1. The highest BCUT2D eigenvalue weighted by molar-refractivity contribution is 5.06. The normalized spacial score (nSPS) is 26.0. The summed E-state index contributed by atoms with van der Waals surface area (Å²) in [6.45, 7) is 4.36. The Kier molecular flexibility index (Phi) is 3.09. The lowest BCUT2D eigenvalue weighted by Crippen LogP contribution is -2.42. The second-order valence-electron chi connectivity index (χ2n) is 4.24. The molecule has 0 aromatic carbocycles. The summed E-state index contributed by atoms with van der Waals surface area (Å²) < 4.78 is 10.7. The van der Waals surface area contributed by atoms with Gasteiger partial charge in [-0.25, -0.2) is 0 Å². The van der Waals surface area contributed by atoms with Crippen LogP contribution in [0.3, 0.4) is 0 Å². The van der Waals surface area contributed by atoms with Gasteiger partial charge in [0.2, 0.25) is 0 Å². The van der Waals surface area contributed by atoms with E-state index in [1.54, 1.807) is 6.07 Å². The minimum atomic E-state index is -0.0413. The van der Waals surface area contributed by atoms with Crippen LogP contribution in [0, 0.1) is 0 Å². The second kappa shape index (κ2) is 4.35. The molecule has 2 heterocycles. The molecule has 0 radical (unpaired) electrons. The fourth-order valence-electron chi connectivity index (χ4n) is 1.71. The van der Waals surface area contributed by atoms with Crippen LogP contribution in [0.15, 0.2) is 16.5 Å². The highest BCUT2D eigenvalue weighted by Crippen LogP contribution is 2.18. The Morgan fingerprint density at radius 3 is 2.87 bits per heavy atom. The molecule has 1 aliphatic rings. The highest BCUT2D eigenvalue weighted by Gasteiger charge is 2.28. The maximum atomic E-state index is 8.85. The van der Waals surface area contributed by atoms with E-state index in [0.29, 0.717) is 12.3 Å². The molecule has 1 aromatic rings. The van der Waals surface area contributed by atoms with Gasteiger partial charge >= 0.3 is 0 Å². The molecule has 0 amide bonds. The molecule has 1 saturated heterocycles.